The highest BCUT2D eigenvalue weighted by molar-refractivity contribution is 9.10. The molecular weight excluding hydrogens is 351 g/mol. The lowest BCUT2D eigenvalue weighted by Crippen LogP contribution is -2.51. The summed E-state index contributed by atoms with van der Waals surface area (Å²) in [6.07, 6.45) is 4.41. The van der Waals surface area contributed by atoms with E-state index in [0.29, 0.717) is 23.1 Å². The number of hydrogen-bond donors (Lipinski definition) is 0. The molecule has 6 heteroatoms. The van der Waals surface area contributed by atoms with Crippen LogP contribution in [0.25, 0.3) is 0 Å². The number of carbonyl (C=O) groups is 1. The number of halogens is 2. The Morgan fingerprint density at radius 3 is 2.73 bits per heavy atom. The minimum Gasteiger partial charge on any atom is -0.483 e. The van der Waals surface area contributed by atoms with Gasteiger partial charge in [-0.2, -0.15) is 5.26 Å². The minimum absolute atomic E-state index is 0.176. The zero-order valence-electron chi connectivity index (χ0n) is 12.4. The highest BCUT2D eigenvalue weighted by Crippen LogP contribution is 2.32. The Kier molecular flexibility index (Phi) is 5.41. The van der Waals surface area contributed by atoms with Crippen LogP contribution in [0.15, 0.2) is 22.7 Å². The summed E-state index contributed by atoms with van der Waals surface area (Å²) in [4.78, 5) is 13.8. The van der Waals surface area contributed by atoms with E-state index in [-0.39, 0.29) is 18.3 Å². The summed E-state index contributed by atoms with van der Waals surface area (Å²) in [5.41, 5.74) is -0.723. The number of carbonyl (C=O) groups excluding carboxylic acids is 1. The maximum atomic E-state index is 13.0. The Balaban J connectivity index is 2.00. The van der Waals surface area contributed by atoms with Crippen molar-refractivity contribution in [3.05, 3.63) is 28.5 Å². The van der Waals surface area contributed by atoms with Crippen molar-refractivity contribution in [1.29, 1.82) is 5.26 Å². The fourth-order valence-electron chi connectivity index (χ4n) is 2.73. The third kappa shape index (κ3) is 3.58. The molecule has 0 radical (unpaired) electrons. The number of nitrogens with zero attached hydrogens (tertiary/aromatic N) is 2. The molecule has 0 aliphatic heterocycles. The molecule has 1 aromatic rings. The fourth-order valence-corrected chi connectivity index (χ4v) is 3.19. The average molecular weight is 369 g/mol. The number of benzene rings is 1. The molecule has 1 aliphatic carbocycles. The summed E-state index contributed by atoms with van der Waals surface area (Å²) < 4.78 is 18.9. The molecule has 0 atom stereocenters. The lowest BCUT2D eigenvalue weighted by molar-refractivity contribution is -0.137. The SMILES string of the molecule is CN(C(=O)COc1ccc(F)cc1Br)C1(C#N)CCCCC1. The number of nitriles is 1. The summed E-state index contributed by atoms with van der Waals surface area (Å²) in [5.74, 6) is -0.231. The van der Waals surface area contributed by atoms with Crippen LogP contribution in [0.2, 0.25) is 0 Å². The number of hydrogen-bond acceptors (Lipinski definition) is 3. The van der Waals surface area contributed by atoms with E-state index in [9.17, 15) is 14.4 Å². The van der Waals surface area contributed by atoms with E-state index < -0.39 is 5.54 Å². The molecule has 0 spiro atoms. The first-order chi connectivity index (χ1) is 10.5. The zero-order chi connectivity index (χ0) is 16.2. The van der Waals surface area contributed by atoms with Crippen LogP contribution in [0, 0.1) is 17.1 Å². The van der Waals surface area contributed by atoms with E-state index in [0.717, 1.165) is 19.3 Å². The molecule has 0 saturated heterocycles. The van der Waals surface area contributed by atoms with Crippen LogP contribution in [0.1, 0.15) is 32.1 Å². The van der Waals surface area contributed by atoms with E-state index in [1.54, 1.807) is 7.05 Å². The van der Waals surface area contributed by atoms with Gasteiger partial charge in [-0.25, -0.2) is 4.39 Å². The third-order valence-electron chi connectivity index (χ3n) is 4.15. The van der Waals surface area contributed by atoms with Gasteiger partial charge in [0.1, 0.15) is 17.1 Å². The predicted molar refractivity (Wildman–Crippen MR) is 83.8 cm³/mol. The fraction of sp³-hybridized carbons (Fsp3) is 0.500. The van der Waals surface area contributed by atoms with E-state index >= 15 is 0 Å². The molecule has 1 aliphatic rings. The Hall–Kier alpha value is -1.61. The molecule has 2 rings (SSSR count). The van der Waals surface area contributed by atoms with E-state index in [1.165, 1.54) is 23.1 Å². The second kappa shape index (κ2) is 7.10. The zero-order valence-corrected chi connectivity index (χ0v) is 14.0. The lowest BCUT2D eigenvalue weighted by Gasteiger charge is -2.38. The summed E-state index contributed by atoms with van der Waals surface area (Å²) in [5, 5.41) is 9.49. The van der Waals surface area contributed by atoms with E-state index in [4.69, 9.17) is 4.74 Å². The molecule has 1 saturated carbocycles. The number of ether oxygens (including phenoxy) is 1. The number of rotatable bonds is 4. The van der Waals surface area contributed by atoms with Crippen molar-refractivity contribution in [2.45, 2.75) is 37.6 Å². The first-order valence-corrected chi connectivity index (χ1v) is 8.03. The van der Waals surface area contributed by atoms with Crippen LogP contribution in [0.3, 0.4) is 0 Å². The molecule has 1 aromatic carbocycles. The minimum atomic E-state index is -0.723. The lowest BCUT2D eigenvalue weighted by atomic mass is 9.81. The van der Waals surface area contributed by atoms with Gasteiger partial charge in [-0.3, -0.25) is 4.79 Å². The van der Waals surface area contributed by atoms with E-state index in [2.05, 4.69) is 22.0 Å². The van der Waals surface area contributed by atoms with Crippen molar-refractivity contribution in [3.8, 4) is 11.8 Å². The van der Waals surface area contributed by atoms with Gasteiger partial charge in [0.15, 0.2) is 6.61 Å². The van der Waals surface area contributed by atoms with Crippen molar-refractivity contribution in [1.82, 2.24) is 4.90 Å². The summed E-state index contributed by atoms with van der Waals surface area (Å²) in [6, 6.07) is 6.32. The predicted octanol–water partition coefficient (Wildman–Crippen LogP) is 3.65. The smallest absolute Gasteiger partial charge is 0.261 e. The van der Waals surface area contributed by atoms with Crippen LogP contribution < -0.4 is 4.74 Å². The molecule has 0 N–H and O–H groups in total. The maximum Gasteiger partial charge on any atom is 0.261 e. The van der Waals surface area contributed by atoms with Gasteiger partial charge in [0.05, 0.1) is 10.5 Å². The molecule has 4 nitrogen and oxygen atoms in total. The molecule has 0 bridgehead atoms. The Morgan fingerprint density at radius 1 is 1.45 bits per heavy atom. The van der Waals surface area contributed by atoms with Crippen LogP contribution in [0.4, 0.5) is 4.39 Å². The van der Waals surface area contributed by atoms with Crippen molar-refractivity contribution in [3.63, 3.8) is 0 Å². The molecule has 0 aromatic heterocycles. The Morgan fingerprint density at radius 2 is 2.14 bits per heavy atom. The molecule has 118 valence electrons. The molecule has 1 fully saturated rings. The van der Waals surface area contributed by atoms with Gasteiger partial charge in [0.2, 0.25) is 0 Å². The van der Waals surface area contributed by atoms with Gasteiger partial charge < -0.3 is 9.64 Å². The average Bonchev–Trinajstić information content (AvgIpc) is 2.53. The van der Waals surface area contributed by atoms with Crippen molar-refractivity contribution in [2.24, 2.45) is 0 Å². The van der Waals surface area contributed by atoms with Crippen LogP contribution in [-0.4, -0.2) is 30.0 Å². The highest BCUT2D eigenvalue weighted by atomic mass is 79.9. The van der Waals surface area contributed by atoms with Gasteiger partial charge in [-0.05, 0) is 47.0 Å². The molecule has 22 heavy (non-hydrogen) atoms. The molecule has 0 unspecified atom stereocenters. The second-order valence-electron chi connectivity index (χ2n) is 5.52. The molecule has 0 heterocycles. The molecule has 1 amide bonds. The van der Waals surface area contributed by atoms with Crippen LogP contribution >= 0.6 is 15.9 Å². The first kappa shape index (κ1) is 16.8. The largest absolute Gasteiger partial charge is 0.483 e. The second-order valence-corrected chi connectivity index (χ2v) is 6.37. The van der Waals surface area contributed by atoms with Crippen molar-refractivity contribution < 1.29 is 13.9 Å². The number of amides is 1. The summed E-state index contributed by atoms with van der Waals surface area (Å²) >= 11 is 3.19. The third-order valence-corrected chi connectivity index (χ3v) is 4.77. The Labute approximate surface area is 138 Å². The highest BCUT2D eigenvalue weighted by Gasteiger charge is 2.38. The standard InChI is InChI=1S/C16H18BrFN2O2/c1-20(16(11-19)7-3-2-4-8-16)15(21)10-22-14-6-5-12(18)9-13(14)17/h5-6,9H,2-4,7-8,10H2,1H3. The quantitative estimate of drug-likeness (QED) is 0.814. The summed E-state index contributed by atoms with van der Waals surface area (Å²) in [7, 11) is 1.65. The number of likely N-dealkylation sites (N-methyl/N-ethyl adjacent to an activating group) is 1. The van der Waals surface area contributed by atoms with Crippen LogP contribution in [0.5, 0.6) is 5.75 Å². The van der Waals surface area contributed by atoms with Crippen molar-refractivity contribution >= 4 is 21.8 Å². The van der Waals surface area contributed by atoms with Gasteiger partial charge in [0.25, 0.3) is 5.91 Å². The van der Waals surface area contributed by atoms with Crippen LogP contribution in [-0.2, 0) is 4.79 Å². The van der Waals surface area contributed by atoms with Gasteiger partial charge >= 0.3 is 0 Å². The molecular formula is C16H18BrFN2O2. The topological polar surface area (TPSA) is 53.3 Å². The van der Waals surface area contributed by atoms with Gasteiger partial charge in [0, 0.05) is 7.05 Å². The maximum absolute atomic E-state index is 13.0. The van der Waals surface area contributed by atoms with Gasteiger partial charge in [-0.1, -0.05) is 19.3 Å². The van der Waals surface area contributed by atoms with Crippen molar-refractivity contribution in [2.75, 3.05) is 13.7 Å². The summed E-state index contributed by atoms with van der Waals surface area (Å²) in [6.45, 7) is -0.176. The Bertz CT molecular complexity index is 594. The van der Waals surface area contributed by atoms with E-state index in [1.807, 2.05) is 0 Å². The van der Waals surface area contributed by atoms with Gasteiger partial charge in [-0.15, -0.1) is 0 Å². The first-order valence-electron chi connectivity index (χ1n) is 7.24. The monoisotopic (exact) mass is 368 g/mol. The normalized spacial score (nSPS) is 16.6.